The molecule has 0 aliphatic carbocycles. The minimum atomic E-state index is -0.288. The first kappa shape index (κ1) is 10.1. The number of benzene rings is 1. The highest BCUT2D eigenvalue weighted by Gasteiger charge is 1.97. The van der Waals surface area contributed by atoms with Gasteiger partial charge in [-0.3, -0.25) is 0 Å². The van der Waals surface area contributed by atoms with Gasteiger partial charge in [-0.25, -0.2) is 9.37 Å². The van der Waals surface area contributed by atoms with Crippen LogP contribution in [0.5, 0.6) is 0 Å². The summed E-state index contributed by atoms with van der Waals surface area (Å²) < 4.78 is 12.7. The first-order valence-corrected chi connectivity index (χ1v) is 4.67. The van der Waals surface area contributed by atoms with Crippen molar-refractivity contribution in [3.63, 3.8) is 0 Å². The quantitative estimate of drug-likeness (QED) is 0.834. The van der Waals surface area contributed by atoms with E-state index >= 15 is 0 Å². The molecular weight excluding hydrogens is 205 g/mol. The van der Waals surface area contributed by atoms with E-state index in [0.29, 0.717) is 11.4 Å². The summed E-state index contributed by atoms with van der Waals surface area (Å²) in [6, 6.07) is 11.2. The van der Waals surface area contributed by atoms with Gasteiger partial charge in [-0.15, -0.1) is 0 Å². The van der Waals surface area contributed by atoms with Gasteiger partial charge < -0.3 is 5.32 Å². The van der Waals surface area contributed by atoms with Crippen LogP contribution in [-0.2, 0) is 0 Å². The van der Waals surface area contributed by atoms with E-state index in [4.69, 9.17) is 5.26 Å². The fourth-order valence-corrected chi connectivity index (χ4v) is 1.25. The van der Waals surface area contributed by atoms with Crippen molar-refractivity contribution < 1.29 is 4.39 Å². The molecule has 0 saturated carbocycles. The predicted octanol–water partition coefficient (Wildman–Crippen LogP) is 2.84. The number of nitrogens with zero attached hydrogens (tertiary/aromatic N) is 2. The Kier molecular flexibility index (Phi) is 2.79. The number of rotatable bonds is 2. The smallest absolute Gasteiger partial charge is 0.131 e. The molecule has 1 aromatic carbocycles. The number of hydrogen-bond donors (Lipinski definition) is 1. The molecule has 3 nitrogen and oxygen atoms in total. The minimum Gasteiger partial charge on any atom is -0.340 e. The van der Waals surface area contributed by atoms with E-state index in [1.54, 1.807) is 30.5 Å². The summed E-state index contributed by atoms with van der Waals surface area (Å²) in [5, 5.41) is 11.7. The summed E-state index contributed by atoms with van der Waals surface area (Å²) in [6.07, 6.45) is 1.55. The van der Waals surface area contributed by atoms with Crippen LogP contribution in [0.2, 0.25) is 0 Å². The topological polar surface area (TPSA) is 48.7 Å². The van der Waals surface area contributed by atoms with Gasteiger partial charge in [0.1, 0.15) is 11.6 Å². The molecule has 0 aliphatic rings. The van der Waals surface area contributed by atoms with Crippen molar-refractivity contribution in [3.8, 4) is 6.07 Å². The van der Waals surface area contributed by atoms with Crippen molar-refractivity contribution in [3.05, 3.63) is 54.0 Å². The van der Waals surface area contributed by atoms with Crippen LogP contribution in [0.25, 0.3) is 0 Å². The maximum absolute atomic E-state index is 12.7. The molecule has 0 atom stereocenters. The second kappa shape index (κ2) is 4.41. The van der Waals surface area contributed by atoms with Gasteiger partial charge in [-0.1, -0.05) is 0 Å². The molecule has 2 aromatic rings. The highest BCUT2D eigenvalue weighted by atomic mass is 19.1. The summed E-state index contributed by atoms with van der Waals surface area (Å²) in [4.78, 5) is 4.05. The van der Waals surface area contributed by atoms with Gasteiger partial charge in [0.05, 0.1) is 11.6 Å². The Balaban J connectivity index is 2.21. The number of pyridine rings is 1. The van der Waals surface area contributed by atoms with Gasteiger partial charge in [-0.05, 0) is 36.4 Å². The van der Waals surface area contributed by atoms with Crippen molar-refractivity contribution in [2.45, 2.75) is 0 Å². The van der Waals surface area contributed by atoms with Crippen LogP contribution in [0.3, 0.4) is 0 Å². The van der Waals surface area contributed by atoms with E-state index in [-0.39, 0.29) is 5.82 Å². The third-order valence-electron chi connectivity index (χ3n) is 2.01. The lowest BCUT2D eigenvalue weighted by molar-refractivity contribution is 0.628. The number of halogens is 1. The average molecular weight is 213 g/mol. The van der Waals surface area contributed by atoms with Crippen LogP contribution in [0.4, 0.5) is 15.9 Å². The maximum Gasteiger partial charge on any atom is 0.131 e. The zero-order chi connectivity index (χ0) is 11.4. The summed E-state index contributed by atoms with van der Waals surface area (Å²) >= 11 is 0. The first-order chi connectivity index (χ1) is 7.78. The second-order valence-electron chi connectivity index (χ2n) is 3.17. The van der Waals surface area contributed by atoms with Gasteiger partial charge >= 0.3 is 0 Å². The molecule has 0 spiro atoms. The van der Waals surface area contributed by atoms with Crippen LogP contribution in [0, 0.1) is 17.1 Å². The number of anilines is 2. The molecule has 78 valence electrons. The van der Waals surface area contributed by atoms with Crippen LogP contribution >= 0.6 is 0 Å². The van der Waals surface area contributed by atoms with E-state index in [1.165, 1.54) is 12.1 Å². The van der Waals surface area contributed by atoms with Crippen LogP contribution in [0.15, 0.2) is 42.6 Å². The highest BCUT2D eigenvalue weighted by Crippen LogP contribution is 2.15. The number of aromatic nitrogens is 1. The van der Waals surface area contributed by atoms with Crippen molar-refractivity contribution in [1.82, 2.24) is 4.98 Å². The Morgan fingerprint density at radius 1 is 1.19 bits per heavy atom. The third kappa shape index (κ3) is 2.34. The van der Waals surface area contributed by atoms with E-state index in [0.717, 1.165) is 5.69 Å². The number of nitriles is 1. The summed E-state index contributed by atoms with van der Waals surface area (Å²) in [5.41, 5.74) is 1.25. The average Bonchev–Trinajstić information content (AvgIpc) is 2.32. The Labute approximate surface area is 92.2 Å². The molecule has 0 amide bonds. The molecule has 0 bridgehead atoms. The van der Waals surface area contributed by atoms with Crippen molar-refractivity contribution in [1.29, 1.82) is 5.26 Å². The number of nitrogens with one attached hydrogen (secondary N) is 1. The Morgan fingerprint density at radius 2 is 1.94 bits per heavy atom. The van der Waals surface area contributed by atoms with Gasteiger partial charge in [-0.2, -0.15) is 5.26 Å². The molecule has 2 rings (SSSR count). The van der Waals surface area contributed by atoms with Gasteiger partial charge in [0.15, 0.2) is 0 Å². The van der Waals surface area contributed by atoms with Gasteiger partial charge in [0.2, 0.25) is 0 Å². The molecule has 4 heteroatoms. The zero-order valence-corrected chi connectivity index (χ0v) is 8.31. The lowest BCUT2D eigenvalue weighted by atomic mass is 10.2. The second-order valence-corrected chi connectivity index (χ2v) is 3.17. The Morgan fingerprint density at radius 3 is 2.62 bits per heavy atom. The standard InChI is InChI=1S/C12H8FN3/c13-10-1-3-11(4-2-10)16-12-7-9(8-14)5-6-15-12/h1-7H,(H,15,16). The predicted molar refractivity (Wildman–Crippen MR) is 58.6 cm³/mol. The molecule has 0 fully saturated rings. The van der Waals surface area contributed by atoms with Crippen molar-refractivity contribution >= 4 is 11.5 Å². The molecule has 0 saturated heterocycles. The van der Waals surface area contributed by atoms with E-state index in [2.05, 4.69) is 10.3 Å². The molecule has 0 radical (unpaired) electrons. The van der Waals surface area contributed by atoms with Gasteiger partial charge in [0.25, 0.3) is 0 Å². The molecule has 0 aliphatic heterocycles. The molecule has 16 heavy (non-hydrogen) atoms. The van der Waals surface area contributed by atoms with E-state index in [9.17, 15) is 4.39 Å². The van der Waals surface area contributed by atoms with Crippen LogP contribution < -0.4 is 5.32 Å². The molecule has 1 N–H and O–H groups in total. The van der Waals surface area contributed by atoms with Crippen molar-refractivity contribution in [2.75, 3.05) is 5.32 Å². The molecule has 1 heterocycles. The molecule has 0 unspecified atom stereocenters. The fourth-order valence-electron chi connectivity index (χ4n) is 1.25. The normalized spacial score (nSPS) is 9.50. The monoisotopic (exact) mass is 213 g/mol. The maximum atomic E-state index is 12.7. The Bertz CT molecular complexity index is 529. The lowest BCUT2D eigenvalue weighted by Crippen LogP contribution is -1.93. The summed E-state index contributed by atoms with van der Waals surface area (Å²) in [6.45, 7) is 0. The lowest BCUT2D eigenvalue weighted by Gasteiger charge is -2.04. The minimum absolute atomic E-state index is 0.288. The largest absolute Gasteiger partial charge is 0.340 e. The fraction of sp³-hybridized carbons (Fsp3) is 0. The SMILES string of the molecule is N#Cc1ccnc(Nc2ccc(F)cc2)c1. The van der Waals surface area contributed by atoms with Crippen LogP contribution in [0.1, 0.15) is 5.56 Å². The number of hydrogen-bond acceptors (Lipinski definition) is 3. The molecular formula is C12H8FN3. The van der Waals surface area contributed by atoms with Crippen LogP contribution in [-0.4, -0.2) is 4.98 Å². The van der Waals surface area contributed by atoms with Gasteiger partial charge in [0, 0.05) is 11.9 Å². The Hall–Kier alpha value is -2.41. The van der Waals surface area contributed by atoms with Crippen molar-refractivity contribution in [2.24, 2.45) is 0 Å². The summed E-state index contributed by atoms with van der Waals surface area (Å²) in [5.74, 6) is 0.273. The zero-order valence-electron chi connectivity index (χ0n) is 8.31. The van der Waals surface area contributed by atoms with E-state index in [1.807, 2.05) is 6.07 Å². The first-order valence-electron chi connectivity index (χ1n) is 4.67. The summed E-state index contributed by atoms with van der Waals surface area (Å²) in [7, 11) is 0. The highest BCUT2D eigenvalue weighted by molar-refractivity contribution is 5.57. The van der Waals surface area contributed by atoms with E-state index < -0.39 is 0 Å². The third-order valence-corrected chi connectivity index (χ3v) is 2.01. The molecule has 1 aromatic heterocycles.